The van der Waals surface area contributed by atoms with Crippen LogP contribution in [-0.4, -0.2) is 115 Å². The lowest BCUT2D eigenvalue weighted by atomic mass is 9.98. The van der Waals surface area contributed by atoms with Crippen molar-refractivity contribution in [3.05, 3.63) is 54.1 Å². The lowest BCUT2D eigenvalue weighted by Crippen LogP contribution is -2.62. The number of unbranched alkanes of at least 4 members (excludes halogenated alkanes) is 2. The number of rotatable bonds is 11. The van der Waals surface area contributed by atoms with Crippen LogP contribution in [0.5, 0.6) is 0 Å². The quantitative estimate of drug-likeness (QED) is 0.133. The third kappa shape index (κ3) is 6.32. The first kappa shape index (κ1) is 32.2. The molecule has 2 aliphatic rings. The molecule has 0 amide bonds. The summed E-state index contributed by atoms with van der Waals surface area (Å²) >= 11 is 0. The number of aliphatic hydroxyl groups excluding tert-OH is 6. The van der Waals surface area contributed by atoms with Crippen LogP contribution in [0.3, 0.4) is 0 Å². The Hall–Kier alpha value is -2.75. The Morgan fingerprint density at radius 2 is 1.58 bits per heavy atom. The fourth-order valence-corrected chi connectivity index (χ4v) is 6.58. The highest BCUT2D eigenvalue weighted by Gasteiger charge is 2.48. The third-order valence-electron chi connectivity index (χ3n) is 9.01. The molecule has 2 fully saturated rings. The van der Waals surface area contributed by atoms with Crippen LogP contribution in [0.15, 0.2) is 48.5 Å². The fraction of sp³-hybridized carbons (Fsp3) is 0.545. The van der Waals surface area contributed by atoms with Crippen molar-refractivity contribution in [1.29, 1.82) is 0 Å². The molecule has 0 spiro atoms. The molecule has 2 aromatic heterocycles. The van der Waals surface area contributed by atoms with E-state index < -0.39 is 68.5 Å². The second-order valence-electron chi connectivity index (χ2n) is 11.9. The van der Waals surface area contributed by atoms with Crippen LogP contribution in [0.2, 0.25) is 0 Å². The van der Waals surface area contributed by atoms with Gasteiger partial charge in [0, 0.05) is 35.7 Å². The molecule has 2 saturated heterocycles. The third-order valence-corrected chi connectivity index (χ3v) is 9.01. The topological polar surface area (TPSA) is 176 Å². The zero-order chi connectivity index (χ0) is 31.7. The molecular formula is C33H42N2O10. The predicted molar refractivity (Wildman–Crippen MR) is 164 cm³/mol. The minimum absolute atomic E-state index is 0.0545. The molecule has 12 nitrogen and oxygen atoms in total. The number of hydrogen-bond acceptors (Lipinski definition) is 11. The molecule has 0 saturated carbocycles. The number of pyridine rings is 1. The van der Waals surface area contributed by atoms with Crippen molar-refractivity contribution in [2.75, 3.05) is 19.8 Å². The number of hydrogen-bond donors (Lipinski definition) is 6. The van der Waals surface area contributed by atoms with Gasteiger partial charge in [0.2, 0.25) is 0 Å². The van der Waals surface area contributed by atoms with Gasteiger partial charge in [-0.1, -0.05) is 36.4 Å². The number of aliphatic hydroxyl groups is 6. The van der Waals surface area contributed by atoms with Gasteiger partial charge in [0.1, 0.15) is 42.3 Å². The highest BCUT2D eigenvalue weighted by Crippen LogP contribution is 2.34. The summed E-state index contributed by atoms with van der Waals surface area (Å²) in [6, 6.07) is 16.6. The second kappa shape index (κ2) is 13.9. The Balaban J connectivity index is 1.02. The number of nitrogens with zero attached hydrogens (tertiary/aromatic N) is 2. The van der Waals surface area contributed by atoms with Crippen LogP contribution >= 0.6 is 0 Å². The summed E-state index contributed by atoms with van der Waals surface area (Å²) in [6.07, 6.45) is -8.79. The Morgan fingerprint density at radius 1 is 0.844 bits per heavy atom. The number of para-hydroxylation sites is 2. The summed E-state index contributed by atoms with van der Waals surface area (Å²) in [5, 5.41) is 64.0. The number of aromatic nitrogens is 2. The molecule has 9 atom stereocenters. The molecule has 244 valence electrons. The van der Waals surface area contributed by atoms with Gasteiger partial charge in [-0.05, 0) is 43.9 Å². The van der Waals surface area contributed by atoms with Gasteiger partial charge in [0.05, 0.1) is 30.4 Å². The van der Waals surface area contributed by atoms with Crippen molar-refractivity contribution in [1.82, 2.24) is 9.55 Å². The van der Waals surface area contributed by atoms with Gasteiger partial charge in [-0.3, -0.25) is 0 Å². The molecular weight excluding hydrogens is 584 g/mol. The van der Waals surface area contributed by atoms with Crippen LogP contribution in [0, 0.1) is 6.92 Å². The zero-order valence-electron chi connectivity index (χ0n) is 25.2. The van der Waals surface area contributed by atoms with Crippen molar-refractivity contribution >= 4 is 32.8 Å². The Kier molecular flexibility index (Phi) is 9.97. The Bertz CT molecular complexity index is 1590. The first-order valence-electron chi connectivity index (χ1n) is 15.6. The van der Waals surface area contributed by atoms with Gasteiger partial charge in [0.15, 0.2) is 12.6 Å². The van der Waals surface area contributed by atoms with E-state index in [-0.39, 0.29) is 6.42 Å². The van der Waals surface area contributed by atoms with Gasteiger partial charge in [-0.2, -0.15) is 0 Å². The summed E-state index contributed by atoms with van der Waals surface area (Å²) < 4.78 is 25.1. The Labute approximate surface area is 260 Å². The maximum absolute atomic E-state index is 10.8. The molecule has 2 aromatic carbocycles. The number of benzene rings is 2. The molecule has 12 heteroatoms. The molecule has 4 heterocycles. The van der Waals surface area contributed by atoms with Crippen molar-refractivity contribution in [2.24, 2.45) is 0 Å². The largest absolute Gasteiger partial charge is 0.394 e. The summed E-state index contributed by atoms with van der Waals surface area (Å²) in [5.74, 6) is 0. The minimum Gasteiger partial charge on any atom is -0.394 e. The van der Waals surface area contributed by atoms with Gasteiger partial charge in [0.25, 0.3) is 0 Å². The maximum Gasteiger partial charge on any atom is 0.187 e. The molecule has 6 rings (SSSR count). The monoisotopic (exact) mass is 626 g/mol. The summed E-state index contributed by atoms with van der Waals surface area (Å²) in [5.41, 5.74) is 4.37. The average Bonchev–Trinajstić information content (AvgIpc) is 3.37. The number of aryl methyl sites for hydroxylation is 2. The van der Waals surface area contributed by atoms with E-state index in [1.165, 1.54) is 16.3 Å². The lowest BCUT2D eigenvalue weighted by molar-refractivity contribution is -0.344. The maximum atomic E-state index is 10.8. The standard InChI is InChI=1S/C33H42N2O10/c1-18-19-9-3-5-11-21(19)34-32-27(18)20-10-4-6-12-22(20)35(32)13-7-2-8-14-42-26-15-23(38)31(25(17-37)43-26)45-33-30(41)29(40)28(39)24(16-36)44-33/h3-6,9-12,23-26,28-31,33,36-41H,2,7-8,13-17H2,1H3/t23-,24-,25-,26+,28+,29+,30-,31+,33+/m1/s1. The molecule has 2 aliphatic heterocycles. The molecule has 4 aromatic rings. The first-order valence-corrected chi connectivity index (χ1v) is 15.6. The van der Waals surface area contributed by atoms with Gasteiger partial charge >= 0.3 is 0 Å². The van der Waals surface area contributed by atoms with Gasteiger partial charge in [-0.25, -0.2) is 4.98 Å². The zero-order valence-corrected chi connectivity index (χ0v) is 25.2. The normalized spacial score (nSPS) is 30.9. The Morgan fingerprint density at radius 3 is 2.36 bits per heavy atom. The van der Waals surface area contributed by atoms with E-state index in [1.54, 1.807) is 0 Å². The second-order valence-corrected chi connectivity index (χ2v) is 11.9. The molecule has 45 heavy (non-hydrogen) atoms. The van der Waals surface area contributed by atoms with E-state index in [0.717, 1.165) is 47.9 Å². The highest BCUT2D eigenvalue weighted by molar-refractivity contribution is 6.12. The van der Waals surface area contributed by atoms with E-state index in [9.17, 15) is 30.6 Å². The molecule has 6 N–H and O–H groups in total. The van der Waals surface area contributed by atoms with E-state index in [4.69, 9.17) is 23.9 Å². The van der Waals surface area contributed by atoms with Crippen molar-refractivity contribution in [2.45, 2.75) is 94.5 Å². The van der Waals surface area contributed by atoms with Crippen LogP contribution in [0.1, 0.15) is 31.2 Å². The summed E-state index contributed by atoms with van der Waals surface area (Å²) in [6.45, 7) is 2.25. The van der Waals surface area contributed by atoms with Gasteiger partial charge < -0.3 is 54.2 Å². The van der Waals surface area contributed by atoms with E-state index in [2.05, 4.69) is 47.9 Å². The highest BCUT2D eigenvalue weighted by atomic mass is 16.7. The average molecular weight is 627 g/mol. The number of fused-ring (bicyclic) bond motifs is 4. The summed E-state index contributed by atoms with van der Waals surface area (Å²) in [7, 11) is 0. The van der Waals surface area contributed by atoms with Crippen molar-refractivity contribution in [3.63, 3.8) is 0 Å². The predicted octanol–water partition coefficient (Wildman–Crippen LogP) is 1.49. The smallest absolute Gasteiger partial charge is 0.187 e. The number of ether oxygens (including phenoxy) is 4. The van der Waals surface area contributed by atoms with Crippen LogP contribution < -0.4 is 0 Å². The van der Waals surface area contributed by atoms with Crippen LogP contribution in [0.25, 0.3) is 32.8 Å². The van der Waals surface area contributed by atoms with Crippen LogP contribution in [0.4, 0.5) is 0 Å². The molecule has 0 bridgehead atoms. The molecule has 0 unspecified atom stereocenters. The van der Waals surface area contributed by atoms with Crippen molar-refractivity contribution < 1.29 is 49.6 Å². The lowest BCUT2D eigenvalue weighted by Gasteiger charge is -2.44. The summed E-state index contributed by atoms with van der Waals surface area (Å²) in [4.78, 5) is 5.05. The van der Waals surface area contributed by atoms with Crippen LogP contribution in [-0.2, 0) is 25.5 Å². The molecule has 0 aliphatic carbocycles. The van der Waals surface area contributed by atoms with Crippen molar-refractivity contribution in [3.8, 4) is 0 Å². The first-order chi connectivity index (χ1) is 21.8. The minimum atomic E-state index is -1.63. The van der Waals surface area contributed by atoms with Gasteiger partial charge in [-0.15, -0.1) is 0 Å². The fourth-order valence-electron chi connectivity index (χ4n) is 6.58. The van der Waals surface area contributed by atoms with E-state index in [0.29, 0.717) is 6.61 Å². The van der Waals surface area contributed by atoms with E-state index in [1.807, 2.05) is 12.1 Å². The SMILES string of the molecule is Cc1c2ccccc2nc2c1c1ccccc1n2CCCCCO[C@@H]1C[C@@H](O)[C@H](O[C@@H]2O[C@H](CO)[C@H](O)[C@H](O)[C@H]2O)[C@@H](CO)O1. The van der Waals surface area contributed by atoms with E-state index >= 15 is 0 Å². The molecule has 0 radical (unpaired) electrons.